The summed E-state index contributed by atoms with van der Waals surface area (Å²) in [6, 6.07) is 0. The average Bonchev–Trinajstić information content (AvgIpc) is 2.71. The Morgan fingerprint density at radius 3 is 1.78 bits per heavy atom. The third-order valence-corrected chi connectivity index (χ3v) is 4.35. The Bertz CT molecular complexity index is 355. The van der Waals surface area contributed by atoms with Crippen LogP contribution in [0.4, 0.5) is 0 Å². The molecule has 0 spiro atoms. The molecular weight excluding hydrogens is 330 g/mol. The Morgan fingerprint density at radius 2 is 1.37 bits per heavy atom. The minimum Gasteiger partial charge on any atom is -0.377 e. The Balaban J connectivity index is -0.000000638. The molecule has 2 rings (SSSR count). The van der Waals surface area contributed by atoms with Crippen molar-refractivity contribution in [3.8, 4) is 0 Å². The maximum Gasteiger partial charge on any atom is 0.0299 e. The van der Waals surface area contributed by atoms with Gasteiger partial charge >= 0.3 is 0 Å². The molecule has 27 heavy (non-hydrogen) atoms. The zero-order valence-electron chi connectivity index (χ0n) is 21.0. The molecule has 0 saturated carbocycles. The first-order valence-corrected chi connectivity index (χ1v) is 11.5. The number of allylic oxidation sites excluding steroid dienone is 4. The Labute approximate surface area is 173 Å². The van der Waals surface area contributed by atoms with Crippen LogP contribution in [-0.4, -0.2) is 68.6 Å². The van der Waals surface area contributed by atoms with Crippen molar-refractivity contribution in [2.45, 2.75) is 75.2 Å². The second-order valence-corrected chi connectivity index (χ2v) is 6.44. The minimum atomic E-state index is 0.889. The van der Waals surface area contributed by atoms with Gasteiger partial charge in [0.05, 0.1) is 0 Å². The summed E-state index contributed by atoms with van der Waals surface area (Å²) < 4.78 is 0. The third-order valence-electron chi connectivity index (χ3n) is 4.35. The molecule has 1 aliphatic carbocycles. The fourth-order valence-electron chi connectivity index (χ4n) is 2.99. The first kappa shape index (κ1) is 30.9. The fourth-order valence-corrected chi connectivity index (χ4v) is 2.99. The van der Waals surface area contributed by atoms with Crippen LogP contribution in [0.15, 0.2) is 23.4 Å². The summed E-state index contributed by atoms with van der Waals surface area (Å²) >= 11 is 0. The van der Waals surface area contributed by atoms with Crippen LogP contribution in [0.2, 0.25) is 0 Å². The predicted octanol–water partition coefficient (Wildman–Crippen LogP) is 6.14. The van der Waals surface area contributed by atoms with Gasteiger partial charge in [0, 0.05) is 45.5 Å². The molecule has 3 heteroatoms. The standard InChI is InChI=1S/C16H29N3.4C2H6/c1-14-5-7-16(8-6-14)19(4)10-9-17(2)11-15-12-18(3)13-15;4*1-2/h5,7,15H,6,8-13H2,1-4H3;4*1-2H3. The molecule has 0 N–H and O–H groups in total. The molecule has 164 valence electrons. The lowest BCUT2D eigenvalue weighted by molar-refractivity contribution is 0.0979. The number of rotatable bonds is 6. The highest BCUT2D eigenvalue weighted by Gasteiger charge is 2.24. The molecule has 0 aromatic carbocycles. The molecule has 0 aromatic rings. The number of hydrogen-bond donors (Lipinski definition) is 0. The lowest BCUT2D eigenvalue weighted by Gasteiger charge is -2.38. The molecule has 0 atom stereocenters. The minimum absolute atomic E-state index is 0.889. The number of nitrogens with zero attached hydrogens (tertiary/aromatic N) is 3. The van der Waals surface area contributed by atoms with E-state index >= 15 is 0 Å². The summed E-state index contributed by atoms with van der Waals surface area (Å²) in [6.07, 6.45) is 6.99. The highest BCUT2D eigenvalue weighted by Crippen LogP contribution is 2.20. The molecule has 1 fully saturated rings. The van der Waals surface area contributed by atoms with E-state index in [4.69, 9.17) is 0 Å². The van der Waals surface area contributed by atoms with Gasteiger partial charge in [0.25, 0.3) is 0 Å². The van der Waals surface area contributed by atoms with Gasteiger partial charge in [-0.3, -0.25) is 0 Å². The van der Waals surface area contributed by atoms with E-state index in [1.165, 1.54) is 43.7 Å². The molecule has 1 aliphatic heterocycles. The van der Waals surface area contributed by atoms with Gasteiger partial charge in [-0.05, 0) is 45.9 Å². The van der Waals surface area contributed by atoms with Gasteiger partial charge in [-0.2, -0.15) is 0 Å². The maximum atomic E-state index is 2.48. The van der Waals surface area contributed by atoms with Crippen LogP contribution in [0.25, 0.3) is 0 Å². The van der Waals surface area contributed by atoms with Crippen LogP contribution in [0, 0.1) is 5.92 Å². The lowest BCUT2D eigenvalue weighted by atomic mass is 10.0. The summed E-state index contributed by atoms with van der Waals surface area (Å²) in [5, 5.41) is 0. The van der Waals surface area contributed by atoms with Gasteiger partial charge in [-0.25, -0.2) is 0 Å². The van der Waals surface area contributed by atoms with Gasteiger partial charge in [-0.15, -0.1) is 0 Å². The van der Waals surface area contributed by atoms with Gasteiger partial charge in [0.15, 0.2) is 0 Å². The highest BCUT2D eigenvalue weighted by molar-refractivity contribution is 5.21. The summed E-state index contributed by atoms with van der Waals surface area (Å²) in [4.78, 5) is 7.30. The fraction of sp³-hybridized carbons (Fsp3) is 0.833. The molecule has 2 aliphatic rings. The van der Waals surface area contributed by atoms with Crippen LogP contribution in [0.1, 0.15) is 75.2 Å². The van der Waals surface area contributed by atoms with Crippen molar-refractivity contribution in [3.05, 3.63) is 23.4 Å². The first-order chi connectivity index (χ1) is 13.0. The first-order valence-electron chi connectivity index (χ1n) is 11.5. The summed E-state index contributed by atoms with van der Waals surface area (Å²) in [5.74, 6) is 0.889. The van der Waals surface area contributed by atoms with Crippen LogP contribution >= 0.6 is 0 Å². The van der Waals surface area contributed by atoms with E-state index in [2.05, 4.69) is 54.9 Å². The molecule has 0 bridgehead atoms. The largest absolute Gasteiger partial charge is 0.377 e. The number of hydrogen-bond acceptors (Lipinski definition) is 3. The normalized spacial score (nSPS) is 15.7. The number of likely N-dealkylation sites (N-methyl/N-ethyl adjacent to an activating group) is 2. The Hall–Kier alpha value is -0.800. The summed E-state index contributed by atoms with van der Waals surface area (Å²) in [5.41, 5.74) is 2.99. The molecule has 0 aromatic heterocycles. The van der Waals surface area contributed by atoms with Crippen LogP contribution in [0.5, 0.6) is 0 Å². The van der Waals surface area contributed by atoms with E-state index in [0.717, 1.165) is 19.0 Å². The van der Waals surface area contributed by atoms with E-state index in [-0.39, 0.29) is 0 Å². The van der Waals surface area contributed by atoms with Crippen molar-refractivity contribution in [3.63, 3.8) is 0 Å². The second-order valence-electron chi connectivity index (χ2n) is 6.44. The van der Waals surface area contributed by atoms with Crippen LogP contribution in [-0.2, 0) is 0 Å². The van der Waals surface area contributed by atoms with Crippen molar-refractivity contribution in [1.82, 2.24) is 14.7 Å². The zero-order chi connectivity index (χ0) is 21.8. The number of likely N-dealkylation sites (tertiary alicyclic amines) is 1. The lowest BCUT2D eigenvalue weighted by Crippen LogP contribution is -2.49. The van der Waals surface area contributed by atoms with Crippen molar-refractivity contribution in [2.24, 2.45) is 5.92 Å². The highest BCUT2D eigenvalue weighted by atomic mass is 15.2. The molecule has 0 amide bonds. The quantitative estimate of drug-likeness (QED) is 0.545. The van der Waals surface area contributed by atoms with Gasteiger partial charge in [0.1, 0.15) is 0 Å². The molecule has 0 radical (unpaired) electrons. The van der Waals surface area contributed by atoms with Gasteiger partial charge in [0.2, 0.25) is 0 Å². The predicted molar refractivity (Wildman–Crippen MR) is 128 cm³/mol. The molecular formula is C24H53N3. The Morgan fingerprint density at radius 1 is 0.852 bits per heavy atom. The van der Waals surface area contributed by atoms with E-state index in [9.17, 15) is 0 Å². The Kier molecular flexibility index (Phi) is 24.6. The molecule has 0 unspecified atom stereocenters. The van der Waals surface area contributed by atoms with E-state index < -0.39 is 0 Å². The molecule has 1 heterocycles. The van der Waals surface area contributed by atoms with E-state index in [1.54, 1.807) is 0 Å². The summed E-state index contributed by atoms with van der Waals surface area (Å²) in [7, 11) is 6.69. The summed E-state index contributed by atoms with van der Waals surface area (Å²) in [6.45, 7) is 24.3. The van der Waals surface area contributed by atoms with Crippen LogP contribution < -0.4 is 0 Å². The van der Waals surface area contributed by atoms with E-state index in [1.807, 2.05) is 55.4 Å². The maximum absolute atomic E-state index is 2.48. The monoisotopic (exact) mass is 383 g/mol. The van der Waals surface area contributed by atoms with Crippen molar-refractivity contribution in [1.29, 1.82) is 0 Å². The van der Waals surface area contributed by atoms with Gasteiger partial charge < -0.3 is 14.7 Å². The van der Waals surface area contributed by atoms with Crippen molar-refractivity contribution in [2.75, 3.05) is 53.9 Å². The SMILES string of the molecule is CC.CC.CC.CC.CC1=CC=C(N(C)CCN(C)CC2CN(C)C2)CC1. The third kappa shape index (κ3) is 14.9. The smallest absolute Gasteiger partial charge is 0.0299 e. The van der Waals surface area contributed by atoms with Gasteiger partial charge in [-0.1, -0.05) is 67.0 Å². The van der Waals surface area contributed by atoms with Crippen molar-refractivity contribution >= 4 is 0 Å². The topological polar surface area (TPSA) is 9.72 Å². The molecule has 3 nitrogen and oxygen atoms in total. The van der Waals surface area contributed by atoms with Crippen LogP contribution in [0.3, 0.4) is 0 Å². The zero-order valence-corrected chi connectivity index (χ0v) is 21.0. The molecule has 1 saturated heterocycles. The van der Waals surface area contributed by atoms with E-state index in [0.29, 0.717) is 0 Å². The van der Waals surface area contributed by atoms with Crippen molar-refractivity contribution < 1.29 is 0 Å². The second kappa shape index (κ2) is 21.5. The average molecular weight is 384 g/mol.